The number of aromatic nitrogens is 3. The first-order valence-electron chi connectivity index (χ1n) is 12.7. The Balaban J connectivity index is 1.37. The van der Waals surface area contributed by atoms with Crippen molar-refractivity contribution in [3.8, 4) is 17.0 Å². The van der Waals surface area contributed by atoms with Gasteiger partial charge in [-0.05, 0) is 17.7 Å². The second kappa shape index (κ2) is 13.6. The van der Waals surface area contributed by atoms with Crippen molar-refractivity contribution < 1.29 is 34.3 Å². The second-order valence-electron chi connectivity index (χ2n) is 9.41. The van der Waals surface area contributed by atoms with Crippen LogP contribution >= 0.6 is 0 Å². The molecule has 1 saturated heterocycles. The number of carbonyl (C=O) groups is 1. The average molecular weight is 542 g/mol. The van der Waals surface area contributed by atoms with Gasteiger partial charge >= 0.3 is 0 Å². The Morgan fingerprint density at radius 3 is 2.69 bits per heavy atom. The fraction of sp³-hybridized carbons (Fsp3) is 0.444. The molecule has 2 aromatic carbocycles. The monoisotopic (exact) mass is 541 g/mol. The second-order valence-corrected chi connectivity index (χ2v) is 9.41. The van der Waals surface area contributed by atoms with E-state index in [0.29, 0.717) is 18.0 Å². The molecular weight excluding hydrogens is 506 g/mol. The van der Waals surface area contributed by atoms with Crippen molar-refractivity contribution in [3.63, 3.8) is 0 Å². The number of rotatable bonds is 12. The summed E-state index contributed by atoms with van der Waals surface area (Å²) < 4.78 is 18.5. The Bertz CT molecular complexity index is 1190. The van der Waals surface area contributed by atoms with Crippen molar-refractivity contribution in [2.75, 3.05) is 20.3 Å². The van der Waals surface area contributed by atoms with Gasteiger partial charge in [0.15, 0.2) is 6.29 Å². The molecule has 1 amide bonds. The molecule has 0 aliphatic carbocycles. The number of nitrogens with one attached hydrogen (secondary N) is 2. The molecule has 3 aromatic rings. The molecule has 1 fully saturated rings. The van der Waals surface area contributed by atoms with Gasteiger partial charge in [-0.2, -0.15) is 0 Å². The number of carbonyl (C=O) groups excluding carboxylic acids is 1. The van der Waals surface area contributed by atoms with Crippen LogP contribution in [0.4, 0.5) is 0 Å². The first-order chi connectivity index (χ1) is 18.8. The van der Waals surface area contributed by atoms with Gasteiger partial charge in [0, 0.05) is 25.6 Å². The molecule has 4 rings (SSSR count). The van der Waals surface area contributed by atoms with Gasteiger partial charge in [-0.1, -0.05) is 47.7 Å². The van der Waals surface area contributed by atoms with Crippen LogP contribution in [0, 0.1) is 0 Å². The van der Waals surface area contributed by atoms with E-state index >= 15 is 0 Å². The summed E-state index contributed by atoms with van der Waals surface area (Å²) in [7, 11) is 1.58. The Hall–Kier alpha value is -3.39. The zero-order valence-electron chi connectivity index (χ0n) is 21.9. The van der Waals surface area contributed by atoms with Crippen LogP contribution in [-0.2, 0) is 27.4 Å². The minimum absolute atomic E-state index is 0.0586. The summed E-state index contributed by atoms with van der Waals surface area (Å²) in [4.78, 5) is 11.8. The summed E-state index contributed by atoms with van der Waals surface area (Å²) in [5, 5.41) is 46.1. The van der Waals surface area contributed by atoms with E-state index in [4.69, 9.17) is 14.2 Å². The highest BCUT2D eigenvalue weighted by Crippen LogP contribution is 2.25. The Morgan fingerprint density at radius 2 is 1.95 bits per heavy atom. The fourth-order valence-electron chi connectivity index (χ4n) is 4.34. The number of hydrogen-bond acceptors (Lipinski definition) is 10. The predicted octanol–water partition coefficient (Wildman–Crippen LogP) is 0.0724. The quantitative estimate of drug-likeness (QED) is 0.212. The normalized spacial score (nSPS) is 23.8. The number of methoxy groups -OCH3 is 1. The van der Waals surface area contributed by atoms with Gasteiger partial charge in [-0.25, -0.2) is 4.68 Å². The molecule has 210 valence electrons. The standard InChI is InChI=1S/C27H35N5O7/c1-17(33)29-24-26(36)25(35)23(15-32-14-22(30-31-32)19-9-6-10-21(11-19)37-2)39-27(24)38-16-20(34)13-28-12-18-7-4-3-5-8-18/h3-11,14,20,23-28,34-36H,12-13,15-16H2,1-2H3,(H,29,33)/t20?,23-,24-,25+,26-,27-/m1/s1. The summed E-state index contributed by atoms with van der Waals surface area (Å²) in [5.41, 5.74) is 2.47. The zero-order chi connectivity index (χ0) is 27.8. The van der Waals surface area contributed by atoms with Crippen molar-refractivity contribution in [1.82, 2.24) is 25.6 Å². The molecule has 12 nitrogen and oxygen atoms in total. The summed E-state index contributed by atoms with van der Waals surface area (Å²) in [5.74, 6) is 0.254. The number of aliphatic hydroxyl groups excluding tert-OH is 3. The van der Waals surface area contributed by atoms with E-state index in [0.717, 1.165) is 11.1 Å². The van der Waals surface area contributed by atoms with Gasteiger partial charge in [0.2, 0.25) is 5.91 Å². The maximum absolute atomic E-state index is 11.8. The predicted molar refractivity (Wildman–Crippen MR) is 140 cm³/mol. The molecule has 0 radical (unpaired) electrons. The molecule has 0 saturated carbocycles. The third-order valence-electron chi connectivity index (χ3n) is 6.35. The highest BCUT2D eigenvalue weighted by molar-refractivity contribution is 5.73. The minimum Gasteiger partial charge on any atom is -0.497 e. The molecule has 1 aromatic heterocycles. The van der Waals surface area contributed by atoms with E-state index in [9.17, 15) is 20.1 Å². The number of amides is 1. The van der Waals surface area contributed by atoms with E-state index in [2.05, 4.69) is 20.9 Å². The lowest BCUT2D eigenvalue weighted by atomic mass is 9.96. The molecule has 0 spiro atoms. The van der Waals surface area contributed by atoms with Crippen molar-refractivity contribution in [1.29, 1.82) is 0 Å². The Labute approximate surface area is 226 Å². The number of benzene rings is 2. The molecule has 12 heteroatoms. The van der Waals surface area contributed by atoms with Crippen LogP contribution in [0.1, 0.15) is 12.5 Å². The van der Waals surface area contributed by atoms with E-state index in [-0.39, 0.29) is 19.7 Å². The van der Waals surface area contributed by atoms with Gasteiger partial charge in [0.1, 0.15) is 35.8 Å². The first-order valence-corrected chi connectivity index (χ1v) is 12.7. The average Bonchev–Trinajstić information content (AvgIpc) is 3.41. The Kier molecular flexibility index (Phi) is 9.98. The highest BCUT2D eigenvalue weighted by atomic mass is 16.7. The lowest BCUT2D eigenvalue weighted by Crippen LogP contribution is -2.64. The lowest BCUT2D eigenvalue weighted by molar-refractivity contribution is -0.271. The van der Waals surface area contributed by atoms with Gasteiger partial charge < -0.3 is 40.2 Å². The third kappa shape index (κ3) is 7.82. The fourth-order valence-corrected chi connectivity index (χ4v) is 4.34. The topological polar surface area (TPSA) is 160 Å². The third-order valence-corrected chi connectivity index (χ3v) is 6.35. The molecule has 6 atom stereocenters. The molecule has 1 aliphatic heterocycles. The van der Waals surface area contributed by atoms with E-state index in [1.54, 1.807) is 13.3 Å². The molecule has 39 heavy (non-hydrogen) atoms. The number of ether oxygens (including phenoxy) is 3. The molecule has 1 unspecified atom stereocenters. The molecular formula is C27H35N5O7. The maximum Gasteiger partial charge on any atom is 0.217 e. The van der Waals surface area contributed by atoms with Gasteiger partial charge in [0.25, 0.3) is 0 Å². The van der Waals surface area contributed by atoms with Crippen molar-refractivity contribution in [2.24, 2.45) is 0 Å². The largest absolute Gasteiger partial charge is 0.497 e. The number of nitrogens with zero attached hydrogens (tertiary/aromatic N) is 3. The first kappa shape index (κ1) is 28.6. The lowest BCUT2D eigenvalue weighted by Gasteiger charge is -2.42. The van der Waals surface area contributed by atoms with E-state index < -0.39 is 42.7 Å². The molecule has 1 aliphatic rings. The van der Waals surface area contributed by atoms with E-state index in [1.165, 1.54) is 11.6 Å². The number of aliphatic hydroxyl groups is 3. The zero-order valence-corrected chi connectivity index (χ0v) is 21.9. The SMILES string of the molecule is COc1cccc(-c2cn(C[C@H]3O[C@@H](OCC(O)CNCc4ccccc4)[C@H](NC(C)=O)[C@@H](O)[C@H]3O)nn2)c1. The maximum atomic E-state index is 11.8. The van der Waals surface area contributed by atoms with Crippen molar-refractivity contribution >= 4 is 5.91 Å². The van der Waals surface area contributed by atoms with Crippen molar-refractivity contribution in [2.45, 2.75) is 56.8 Å². The summed E-state index contributed by atoms with van der Waals surface area (Å²) in [6.07, 6.45) is -3.96. The minimum atomic E-state index is -1.38. The van der Waals surface area contributed by atoms with Crippen LogP contribution in [0.25, 0.3) is 11.3 Å². The summed E-state index contributed by atoms with van der Waals surface area (Å²) in [6.45, 7) is 2.06. The molecule has 0 bridgehead atoms. The van der Waals surface area contributed by atoms with Crippen molar-refractivity contribution in [3.05, 3.63) is 66.4 Å². The van der Waals surface area contributed by atoms with Gasteiger partial charge in [-0.15, -0.1) is 5.10 Å². The number of hydrogen-bond donors (Lipinski definition) is 5. The molecule has 2 heterocycles. The highest BCUT2D eigenvalue weighted by Gasteiger charge is 2.46. The summed E-state index contributed by atoms with van der Waals surface area (Å²) in [6, 6.07) is 16.1. The van der Waals surface area contributed by atoms with Crippen LogP contribution in [0.5, 0.6) is 5.75 Å². The summed E-state index contributed by atoms with van der Waals surface area (Å²) >= 11 is 0. The van der Waals surface area contributed by atoms with Crippen LogP contribution in [0.2, 0.25) is 0 Å². The molecule has 5 N–H and O–H groups in total. The van der Waals surface area contributed by atoms with Crippen LogP contribution in [-0.4, -0.2) is 93.2 Å². The Morgan fingerprint density at radius 1 is 1.15 bits per heavy atom. The van der Waals surface area contributed by atoms with Crippen LogP contribution in [0.3, 0.4) is 0 Å². The van der Waals surface area contributed by atoms with Gasteiger partial charge in [-0.3, -0.25) is 4.79 Å². The van der Waals surface area contributed by atoms with E-state index in [1.807, 2.05) is 54.6 Å². The van der Waals surface area contributed by atoms with Gasteiger partial charge in [0.05, 0.1) is 32.6 Å². The van der Waals surface area contributed by atoms with Crippen LogP contribution < -0.4 is 15.4 Å². The van der Waals surface area contributed by atoms with Crippen LogP contribution in [0.15, 0.2) is 60.8 Å². The smallest absolute Gasteiger partial charge is 0.217 e.